The van der Waals surface area contributed by atoms with Gasteiger partial charge in [-0.1, -0.05) is 23.7 Å². The molecule has 1 saturated carbocycles. The molecule has 1 heterocycles. The van der Waals surface area contributed by atoms with Gasteiger partial charge in [-0.2, -0.15) is 0 Å². The summed E-state index contributed by atoms with van der Waals surface area (Å²) in [7, 11) is 0. The average Bonchev–Trinajstić information content (AvgIpc) is 3.13. The zero-order valence-electron chi connectivity index (χ0n) is 13.5. The summed E-state index contributed by atoms with van der Waals surface area (Å²) in [5, 5.41) is 16.6. The van der Waals surface area contributed by atoms with E-state index >= 15 is 0 Å². The number of urea groups is 1. The highest BCUT2D eigenvalue weighted by Crippen LogP contribution is 2.48. The van der Waals surface area contributed by atoms with E-state index in [9.17, 15) is 9.90 Å². The molecule has 6 heteroatoms. The Morgan fingerprint density at radius 3 is 2.75 bits per heavy atom. The van der Waals surface area contributed by atoms with Crippen LogP contribution in [0.5, 0.6) is 0 Å². The lowest BCUT2D eigenvalue weighted by Gasteiger charge is -2.22. The molecule has 1 fully saturated rings. The van der Waals surface area contributed by atoms with Gasteiger partial charge in [0.1, 0.15) is 11.4 Å². The van der Waals surface area contributed by atoms with Gasteiger partial charge < -0.3 is 20.2 Å². The van der Waals surface area contributed by atoms with E-state index in [0.29, 0.717) is 17.3 Å². The molecule has 2 aromatic rings. The fraction of sp³-hybridized carbons (Fsp3) is 0.389. The Balaban J connectivity index is 1.51. The normalized spacial score (nSPS) is 17.8. The molecule has 0 aliphatic heterocycles. The van der Waals surface area contributed by atoms with Crippen LogP contribution in [0.25, 0.3) is 0 Å². The number of nitrogens with one attached hydrogen (secondary N) is 2. The van der Waals surface area contributed by atoms with Crippen molar-refractivity contribution < 1.29 is 14.3 Å². The van der Waals surface area contributed by atoms with Crippen molar-refractivity contribution in [3.05, 3.63) is 59.0 Å². The summed E-state index contributed by atoms with van der Waals surface area (Å²) in [6.45, 7) is 2.21. The highest BCUT2D eigenvalue weighted by Gasteiger charge is 2.44. The molecule has 1 aliphatic carbocycles. The minimum atomic E-state index is -1.24. The third-order valence-electron chi connectivity index (χ3n) is 4.52. The number of carbonyl (C=O) groups is 1. The van der Waals surface area contributed by atoms with E-state index in [4.69, 9.17) is 16.0 Å². The minimum absolute atomic E-state index is 0.0221. The van der Waals surface area contributed by atoms with Crippen molar-refractivity contribution in [3.63, 3.8) is 0 Å². The van der Waals surface area contributed by atoms with Crippen LogP contribution in [0.2, 0.25) is 5.02 Å². The van der Waals surface area contributed by atoms with Gasteiger partial charge in [-0.15, -0.1) is 0 Å². The summed E-state index contributed by atoms with van der Waals surface area (Å²) in [6.07, 6.45) is 3.54. The fourth-order valence-electron chi connectivity index (χ4n) is 2.77. The summed E-state index contributed by atoms with van der Waals surface area (Å²) in [4.78, 5) is 12.0. The second-order valence-electron chi connectivity index (χ2n) is 6.58. The fourth-order valence-corrected chi connectivity index (χ4v) is 2.96. The number of rotatable bonds is 6. The van der Waals surface area contributed by atoms with Gasteiger partial charge in [-0.25, -0.2) is 4.79 Å². The number of amides is 2. The van der Waals surface area contributed by atoms with Gasteiger partial charge in [0.2, 0.25) is 0 Å². The molecule has 1 aliphatic rings. The maximum Gasteiger partial charge on any atom is 0.314 e. The zero-order valence-corrected chi connectivity index (χ0v) is 14.3. The van der Waals surface area contributed by atoms with Gasteiger partial charge in [0.25, 0.3) is 0 Å². The number of furan rings is 1. The van der Waals surface area contributed by atoms with Crippen LogP contribution in [0.1, 0.15) is 31.1 Å². The van der Waals surface area contributed by atoms with Crippen LogP contribution in [0, 0.1) is 0 Å². The highest BCUT2D eigenvalue weighted by atomic mass is 35.5. The number of aliphatic hydroxyl groups is 1. The SMILES string of the molecule is CC(O)(CNC(=O)NCC1(c2cccc(Cl)c2)CC1)c1ccco1. The van der Waals surface area contributed by atoms with Crippen LogP contribution in [-0.2, 0) is 11.0 Å². The first-order valence-electron chi connectivity index (χ1n) is 7.95. The number of halogens is 1. The molecule has 3 rings (SSSR count). The van der Waals surface area contributed by atoms with Gasteiger partial charge in [0.05, 0.1) is 12.8 Å². The summed E-state index contributed by atoms with van der Waals surface area (Å²) < 4.78 is 5.19. The first-order chi connectivity index (χ1) is 11.4. The first-order valence-corrected chi connectivity index (χ1v) is 8.33. The van der Waals surface area contributed by atoms with Crippen LogP contribution < -0.4 is 10.6 Å². The Morgan fingerprint density at radius 1 is 1.33 bits per heavy atom. The Kier molecular flexibility index (Phi) is 4.56. The molecule has 0 spiro atoms. The van der Waals surface area contributed by atoms with Gasteiger partial charge in [0, 0.05) is 17.0 Å². The van der Waals surface area contributed by atoms with Gasteiger partial charge in [-0.3, -0.25) is 0 Å². The Labute approximate surface area is 146 Å². The molecule has 5 nitrogen and oxygen atoms in total. The summed E-state index contributed by atoms with van der Waals surface area (Å²) >= 11 is 6.05. The molecule has 0 saturated heterocycles. The molecule has 0 bridgehead atoms. The number of hydrogen-bond donors (Lipinski definition) is 3. The van der Waals surface area contributed by atoms with E-state index in [0.717, 1.165) is 18.4 Å². The molecule has 24 heavy (non-hydrogen) atoms. The average molecular weight is 349 g/mol. The van der Waals surface area contributed by atoms with Crippen LogP contribution in [0.3, 0.4) is 0 Å². The van der Waals surface area contributed by atoms with Crippen molar-refractivity contribution in [1.29, 1.82) is 0 Å². The van der Waals surface area contributed by atoms with Crippen molar-refractivity contribution >= 4 is 17.6 Å². The maximum absolute atomic E-state index is 12.0. The molecule has 0 radical (unpaired) electrons. The largest absolute Gasteiger partial charge is 0.466 e. The van der Waals surface area contributed by atoms with Gasteiger partial charge in [0.15, 0.2) is 0 Å². The monoisotopic (exact) mass is 348 g/mol. The second kappa shape index (κ2) is 6.49. The lowest BCUT2D eigenvalue weighted by atomic mass is 9.96. The van der Waals surface area contributed by atoms with Crippen molar-refractivity contribution in [2.24, 2.45) is 0 Å². The second-order valence-corrected chi connectivity index (χ2v) is 7.01. The van der Waals surface area contributed by atoms with Crippen molar-refractivity contribution in [1.82, 2.24) is 10.6 Å². The lowest BCUT2D eigenvalue weighted by Crippen LogP contribution is -2.45. The van der Waals surface area contributed by atoms with Crippen LogP contribution in [0.4, 0.5) is 4.79 Å². The maximum atomic E-state index is 12.0. The van der Waals surface area contributed by atoms with Gasteiger partial charge >= 0.3 is 6.03 Å². The number of benzene rings is 1. The minimum Gasteiger partial charge on any atom is -0.466 e. The molecule has 1 aromatic heterocycles. The van der Waals surface area contributed by atoms with Crippen molar-refractivity contribution in [2.45, 2.75) is 30.8 Å². The molecule has 1 unspecified atom stereocenters. The molecule has 128 valence electrons. The van der Waals surface area contributed by atoms with E-state index in [2.05, 4.69) is 10.6 Å². The van der Waals surface area contributed by atoms with E-state index in [1.54, 1.807) is 19.1 Å². The molecular formula is C18H21ClN2O3. The first kappa shape index (κ1) is 16.9. The summed E-state index contributed by atoms with van der Waals surface area (Å²) in [5.74, 6) is 0.417. The van der Waals surface area contributed by atoms with E-state index in [-0.39, 0.29) is 18.0 Å². The summed E-state index contributed by atoms with van der Waals surface area (Å²) in [6, 6.07) is 10.8. The molecule has 1 atom stereocenters. The molecule has 1 aromatic carbocycles. The smallest absolute Gasteiger partial charge is 0.314 e. The van der Waals surface area contributed by atoms with E-state index in [1.807, 2.05) is 24.3 Å². The van der Waals surface area contributed by atoms with Crippen molar-refractivity contribution in [2.75, 3.05) is 13.1 Å². The van der Waals surface area contributed by atoms with Crippen LogP contribution in [0.15, 0.2) is 47.1 Å². The predicted molar refractivity (Wildman–Crippen MR) is 92.0 cm³/mol. The Morgan fingerprint density at radius 2 is 2.12 bits per heavy atom. The quantitative estimate of drug-likeness (QED) is 0.750. The number of hydrogen-bond acceptors (Lipinski definition) is 3. The third-order valence-corrected chi connectivity index (χ3v) is 4.76. The lowest BCUT2D eigenvalue weighted by molar-refractivity contribution is 0.0367. The Bertz CT molecular complexity index is 709. The molecular weight excluding hydrogens is 328 g/mol. The van der Waals surface area contributed by atoms with Crippen LogP contribution >= 0.6 is 11.6 Å². The topological polar surface area (TPSA) is 74.5 Å². The third kappa shape index (κ3) is 3.74. The van der Waals surface area contributed by atoms with Crippen molar-refractivity contribution in [3.8, 4) is 0 Å². The molecule has 2 amide bonds. The number of carbonyl (C=O) groups excluding carboxylic acids is 1. The molecule has 3 N–H and O–H groups in total. The van der Waals surface area contributed by atoms with Gasteiger partial charge in [-0.05, 0) is 49.6 Å². The van der Waals surface area contributed by atoms with E-state index < -0.39 is 5.60 Å². The highest BCUT2D eigenvalue weighted by molar-refractivity contribution is 6.30. The Hall–Kier alpha value is -1.98. The standard InChI is InChI=1S/C18H21ClN2O3/c1-17(23,15-6-3-9-24-15)11-20-16(22)21-12-18(7-8-18)13-4-2-5-14(19)10-13/h2-6,9-10,23H,7-8,11-12H2,1H3,(H2,20,21,22). The van der Waals surface area contributed by atoms with E-state index in [1.165, 1.54) is 6.26 Å². The predicted octanol–water partition coefficient (Wildman–Crippen LogP) is 3.17. The van der Waals surface area contributed by atoms with Crippen LogP contribution in [-0.4, -0.2) is 24.2 Å². The zero-order chi connectivity index (χ0) is 17.2. The summed E-state index contributed by atoms with van der Waals surface area (Å²) in [5.41, 5.74) is -0.116.